The first-order chi connectivity index (χ1) is 6.29. The molecule has 1 heteroatoms. The van der Waals surface area contributed by atoms with Gasteiger partial charge in [0.25, 0.3) is 0 Å². The Morgan fingerprint density at radius 3 is 3.08 bits per heavy atom. The molecule has 0 radical (unpaired) electrons. The van der Waals surface area contributed by atoms with Crippen LogP contribution in [-0.4, -0.2) is 11.7 Å². The maximum atomic E-state index is 9.61. The van der Waals surface area contributed by atoms with E-state index in [-0.39, 0.29) is 5.41 Å². The summed E-state index contributed by atoms with van der Waals surface area (Å²) < 4.78 is 0. The zero-order chi connectivity index (χ0) is 9.31. The van der Waals surface area contributed by atoms with Crippen LogP contribution in [0.25, 0.3) is 0 Å². The Kier molecular flexibility index (Phi) is 2.46. The van der Waals surface area contributed by atoms with Crippen LogP contribution in [0.5, 0.6) is 0 Å². The van der Waals surface area contributed by atoms with Gasteiger partial charge < -0.3 is 5.11 Å². The van der Waals surface area contributed by atoms with Crippen LogP contribution in [0, 0.1) is 11.3 Å². The van der Waals surface area contributed by atoms with Gasteiger partial charge in [0.2, 0.25) is 0 Å². The number of hydrogen-bond donors (Lipinski definition) is 1. The first-order valence-corrected chi connectivity index (χ1v) is 5.60. The van der Waals surface area contributed by atoms with Crippen molar-refractivity contribution >= 4 is 0 Å². The molecule has 13 heavy (non-hydrogen) atoms. The minimum absolute atomic E-state index is 0.191. The van der Waals surface area contributed by atoms with Gasteiger partial charge in [-0.3, -0.25) is 0 Å². The second-order valence-electron chi connectivity index (χ2n) is 4.73. The molecular weight excluding hydrogens is 160 g/mol. The average molecular weight is 180 g/mol. The summed E-state index contributed by atoms with van der Waals surface area (Å²) in [6.07, 6.45) is 10.0. The number of rotatable bonds is 1. The third kappa shape index (κ3) is 1.34. The largest absolute Gasteiger partial charge is 0.395 e. The van der Waals surface area contributed by atoms with Crippen molar-refractivity contribution in [3.8, 4) is 0 Å². The van der Waals surface area contributed by atoms with Crippen LogP contribution in [0.2, 0.25) is 0 Å². The minimum Gasteiger partial charge on any atom is -0.395 e. The number of allylic oxidation sites excluding steroid dienone is 1. The van der Waals surface area contributed by atoms with E-state index in [0.717, 1.165) is 0 Å². The van der Waals surface area contributed by atoms with Gasteiger partial charge in [0.15, 0.2) is 0 Å². The van der Waals surface area contributed by atoms with Gasteiger partial charge in [-0.2, -0.15) is 0 Å². The molecule has 0 aliphatic heterocycles. The molecular formula is C12H20O. The van der Waals surface area contributed by atoms with E-state index in [2.05, 4.69) is 13.0 Å². The summed E-state index contributed by atoms with van der Waals surface area (Å²) in [6.45, 7) is 2.69. The van der Waals surface area contributed by atoms with E-state index in [4.69, 9.17) is 0 Å². The van der Waals surface area contributed by atoms with E-state index >= 15 is 0 Å². The van der Waals surface area contributed by atoms with Crippen molar-refractivity contribution in [1.29, 1.82) is 0 Å². The van der Waals surface area contributed by atoms with Crippen molar-refractivity contribution in [2.45, 2.75) is 45.4 Å². The first-order valence-electron chi connectivity index (χ1n) is 5.60. The normalized spacial score (nSPS) is 39.5. The van der Waals surface area contributed by atoms with Crippen LogP contribution in [0.3, 0.4) is 0 Å². The highest BCUT2D eigenvalue weighted by molar-refractivity contribution is 5.21. The Balaban J connectivity index is 2.30. The van der Waals surface area contributed by atoms with Gasteiger partial charge in [0.1, 0.15) is 0 Å². The van der Waals surface area contributed by atoms with E-state index in [1.54, 1.807) is 5.57 Å². The monoisotopic (exact) mass is 180 g/mol. The van der Waals surface area contributed by atoms with Crippen LogP contribution in [0.15, 0.2) is 11.6 Å². The second kappa shape index (κ2) is 3.45. The highest BCUT2D eigenvalue weighted by atomic mass is 16.3. The number of fused-ring (bicyclic) bond motifs is 1. The van der Waals surface area contributed by atoms with Crippen molar-refractivity contribution in [3.63, 3.8) is 0 Å². The Hall–Kier alpha value is -0.300. The summed E-state index contributed by atoms with van der Waals surface area (Å²) in [5, 5.41) is 9.61. The predicted octanol–water partition coefficient (Wildman–Crippen LogP) is 2.90. The fourth-order valence-electron chi connectivity index (χ4n) is 3.18. The fourth-order valence-corrected chi connectivity index (χ4v) is 3.18. The summed E-state index contributed by atoms with van der Waals surface area (Å²) >= 11 is 0. The third-order valence-electron chi connectivity index (χ3n) is 4.17. The Labute approximate surface area is 80.8 Å². The molecule has 2 unspecified atom stereocenters. The van der Waals surface area contributed by atoms with Gasteiger partial charge in [-0.1, -0.05) is 18.6 Å². The maximum absolute atomic E-state index is 9.61. The summed E-state index contributed by atoms with van der Waals surface area (Å²) in [5.41, 5.74) is 1.76. The third-order valence-corrected chi connectivity index (χ3v) is 4.17. The Bertz CT molecular complexity index is 219. The molecule has 2 rings (SSSR count). The molecule has 0 aromatic carbocycles. The van der Waals surface area contributed by atoms with Crippen molar-refractivity contribution in [2.75, 3.05) is 6.61 Å². The van der Waals surface area contributed by atoms with Gasteiger partial charge in [-0.05, 0) is 44.4 Å². The van der Waals surface area contributed by atoms with Crippen LogP contribution >= 0.6 is 0 Å². The predicted molar refractivity (Wildman–Crippen MR) is 54.5 cm³/mol. The Morgan fingerprint density at radius 1 is 1.54 bits per heavy atom. The lowest BCUT2D eigenvalue weighted by Crippen LogP contribution is -2.39. The molecule has 2 atom stereocenters. The van der Waals surface area contributed by atoms with Crippen molar-refractivity contribution < 1.29 is 5.11 Å². The maximum Gasteiger partial charge on any atom is 0.0527 e. The van der Waals surface area contributed by atoms with Gasteiger partial charge in [-0.25, -0.2) is 0 Å². The molecule has 2 aliphatic rings. The lowest BCUT2D eigenvalue weighted by molar-refractivity contribution is 0.0639. The molecule has 74 valence electrons. The van der Waals surface area contributed by atoms with Gasteiger partial charge in [-0.15, -0.1) is 0 Å². The quantitative estimate of drug-likeness (QED) is 0.615. The number of aliphatic hydroxyl groups excluding tert-OH is 1. The molecule has 1 N–H and O–H groups in total. The van der Waals surface area contributed by atoms with E-state index < -0.39 is 0 Å². The molecule has 2 aliphatic carbocycles. The molecule has 0 heterocycles. The van der Waals surface area contributed by atoms with Crippen LogP contribution in [0.4, 0.5) is 0 Å². The zero-order valence-corrected chi connectivity index (χ0v) is 8.55. The minimum atomic E-state index is 0.191. The van der Waals surface area contributed by atoms with E-state index in [1.165, 1.54) is 38.5 Å². The molecule has 0 aromatic heterocycles. The number of hydrogen-bond acceptors (Lipinski definition) is 1. The van der Waals surface area contributed by atoms with Crippen LogP contribution in [0.1, 0.15) is 45.4 Å². The lowest BCUT2D eigenvalue weighted by Gasteiger charge is -2.46. The summed E-state index contributed by atoms with van der Waals surface area (Å²) in [4.78, 5) is 0. The van der Waals surface area contributed by atoms with Gasteiger partial charge in [0, 0.05) is 5.41 Å². The lowest BCUT2D eigenvalue weighted by atomic mass is 9.60. The SMILES string of the molecule is CC1CCCC2=CCCCC21CO. The standard InChI is InChI=1S/C12H20O/c1-10-5-4-7-11-6-2-3-8-12(10,11)9-13/h6,10,13H,2-5,7-9H2,1H3. The number of aliphatic hydroxyl groups is 1. The van der Waals surface area contributed by atoms with Crippen molar-refractivity contribution in [2.24, 2.45) is 11.3 Å². The van der Waals surface area contributed by atoms with Crippen molar-refractivity contribution in [1.82, 2.24) is 0 Å². The summed E-state index contributed by atoms with van der Waals surface area (Å²) in [5.74, 6) is 0.692. The highest BCUT2D eigenvalue weighted by Gasteiger charge is 2.41. The molecule has 1 nitrogen and oxygen atoms in total. The molecule has 0 saturated heterocycles. The smallest absolute Gasteiger partial charge is 0.0527 e. The van der Waals surface area contributed by atoms with E-state index in [9.17, 15) is 5.11 Å². The fraction of sp³-hybridized carbons (Fsp3) is 0.833. The first kappa shape index (κ1) is 9.26. The average Bonchev–Trinajstić information content (AvgIpc) is 2.19. The van der Waals surface area contributed by atoms with E-state index in [0.29, 0.717) is 12.5 Å². The molecule has 0 bridgehead atoms. The van der Waals surface area contributed by atoms with Gasteiger partial charge >= 0.3 is 0 Å². The highest BCUT2D eigenvalue weighted by Crippen LogP contribution is 2.50. The Morgan fingerprint density at radius 2 is 2.38 bits per heavy atom. The molecule has 0 amide bonds. The summed E-state index contributed by atoms with van der Waals surface area (Å²) in [7, 11) is 0. The van der Waals surface area contributed by atoms with Crippen molar-refractivity contribution in [3.05, 3.63) is 11.6 Å². The van der Waals surface area contributed by atoms with Crippen LogP contribution < -0.4 is 0 Å². The zero-order valence-electron chi connectivity index (χ0n) is 8.55. The molecule has 0 spiro atoms. The van der Waals surface area contributed by atoms with Crippen LogP contribution in [-0.2, 0) is 0 Å². The van der Waals surface area contributed by atoms with E-state index in [1.807, 2.05) is 0 Å². The molecule has 1 fully saturated rings. The molecule has 0 aromatic rings. The van der Waals surface area contributed by atoms with Gasteiger partial charge in [0.05, 0.1) is 6.61 Å². The topological polar surface area (TPSA) is 20.2 Å². The molecule has 1 saturated carbocycles. The summed E-state index contributed by atoms with van der Waals surface area (Å²) in [6, 6.07) is 0. The second-order valence-corrected chi connectivity index (χ2v) is 4.73.